The third kappa shape index (κ3) is 4.23. The first kappa shape index (κ1) is 20.9. The number of rotatable bonds is 5. The lowest BCUT2D eigenvalue weighted by Gasteiger charge is -2.18. The molecule has 1 aromatic carbocycles. The van der Waals surface area contributed by atoms with Crippen LogP contribution in [0.25, 0.3) is 22.2 Å². The van der Waals surface area contributed by atoms with Crippen LogP contribution in [0.2, 0.25) is 0 Å². The molecule has 0 bridgehead atoms. The summed E-state index contributed by atoms with van der Waals surface area (Å²) in [6, 6.07) is 7.09. The molecule has 0 radical (unpaired) electrons. The number of ether oxygens (including phenoxy) is 1. The molecule has 33 heavy (non-hydrogen) atoms. The summed E-state index contributed by atoms with van der Waals surface area (Å²) >= 11 is 0. The lowest BCUT2D eigenvalue weighted by molar-refractivity contribution is -0.248. The quantitative estimate of drug-likeness (QED) is 0.427. The van der Waals surface area contributed by atoms with Crippen molar-refractivity contribution < 1.29 is 19.5 Å². The van der Waals surface area contributed by atoms with Gasteiger partial charge in [0.05, 0.1) is 26.4 Å². The zero-order valence-corrected chi connectivity index (χ0v) is 18.1. The van der Waals surface area contributed by atoms with Crippen LogP contribution in [-0.2, 0) is 11.4 Å². The molecule has 11 heteroatoms. The second-order valence-electron chi connectivity index (χ2n) is 7.96. The molecule has 1 aliphatic heterocycles. The van der Waals surface area contributed by atoms with E-state index in [0.717, 1.165) is 21.8 Å². The van der Waals surface area contributed by atoms with Crippen molar-refractivity contribution in [3.63, 3.8) is 0 Å². The van der Waals surface area contributed by atoms with Gasteiger partial charge >= 0.3 is 6.03 Å². The van der Waals surface area contributed by atoms with E-state index in [0.29, 0.717) is 29.7 Å². The van der Waals surface area contributed by atoms with Crippen LogP contribution in [0.4, 0.5) is 10.7 Å². The normalized spacial score (nSPS) is 18.1. The van der Waals surface area contributed by atoms with Gasteiger partial charge in [0.15, 0.2) is 5.79 Å². The molecule has 1 fully saturated rings. The number of hydroxylamine groups is 2. The fourth-order valence-corrected chi connectivity index (χ4v) is 3.74. The molecule has 1 aliphatic rings. The standard InChI is InChI=1S/C22H23N7O4/c1-22(31)7-9-29(33-22)21(30)27-20-25-18-16(5-6-17(32-2)19(18)26-20)15-11-24-28(13-15)12-14-4-3-8-23-10-14/h3-6,8,10-11,13,31H,7,9,12H2,1-2H3,(H2,25,26,27,30). The molecule has 1 unspecified atom stereocenters. The number of hydrogen-bond acceptors (Lipinski definition) is 7. The first-order valence-electron chi connectivity index (χ1n) is 10.4. The van der Waals surface area contributed by atoms with Crippen molar-refractivity contribution in [3.05, 3.63) is 54.6 Å². The number of carbonyl (C=O) groups excluding carboxylic acids is 1. The number of carbonyl (C=O) groups is 1. The molecule has 5 rings (SSSR count). The summed E-state index contributed by atoms with van der Waals surface area (Å²) in [5.74, 6) is -0.541. The van der Waals surface area contributed by atoms with Gasteiger partial charge < -0.3 is 14.8 Å². The Bertz CT molecular complexity index is 1300. The molecule has 0 aliphatic carbocycles. The predicted octanol–water partition coefficient (Wildman–Crippen LogP) is 2.76. The van der Waals surface area contributed by atoms with E-state index in [4.69, 9.17) is 9.57 Å². The van der Waals surface area contributed by atoms with E-state index in [2.05, 4.69) is 25.4 Å². The fraction of sp³-hybridized carbons (Fsp3) is 0.273. The van der Waals surface area contributed by atoms with Crippen LogP contribution in [0.3, 0.4) is 0 Å². The number of imidazole rings is 1. The van der Waals surface area contributed by atoms with Crippen molar-refractivity contribution >= 4 is 23.0 Å². The highest BCUT2D eigenvalue weighted by atomic mass is 16.8. The Hall–Kier alpha value is -3.96. The van der Waals surface area contributed by atoms with Gasteiger partial charge in [-0.05, 0) is 30.7 Å². The highest BCUT2D eigenvalue weighted by molar-refractivity contribution is 5.98. The van der Waals surface area contributed by atoms with Crippen molar-refractivity contribution in [2.24, 2.45) is 0 Å². The number of urea groups is 1. The van der Waals surface area contributed by atoms with Crippen LogP contribution in [0, 0.1) is 0 Å². The van der Waals surface area contributed by atoms with Crippen molar-refractivity contribution in [1.82, 2.24) is 29.8 Å². The smallest absolute Gasteiger partial charge is 0.348 e. The molecule has 0 saturated carbocycles. The number of anilines is 1. The molecule has 1 saturated heterocycles. The number of nitrogens with zero attached hydrogens (tertiary/aromatic N) is 5. The van der Waals surface area contributed by atoms with Crippen LogP contribution in [0.15, 0.2) is 49.1 Å². The molecule has 0 spiro atoms. The summed E-state index contributed by atoms with van der Waals surface area (Å²) in [7, 11) is 1.57. The summed E-state index contributed by atoms with van der Waals surface area (Å²) in [6.45, 7) is 2.37. The van der Waals surface area contributed by atoms with Gasteiger partial charge in [-0.2, -0.15) is 10.2 Å². The van der Waals surface area contributed by atoms with Crippen LogP contribution >= 0.6 is 0 Å². The molecule has 2 amide bonds. The second kappa shape index (κ2) is 8.19. The maximum atomic E-state index is 12.5. The van der Waals surface area contributed by atoms with Gasteiger partial charge in [0.1, 0.15) is 16.8 Å². The number of amides is 2. The minimum absolute atomic E-state index is 0.235. The number of nitrogens with one attached hydrogen (secondary N) is 2. The van der Waals surface area contributed by atoms with Gasteiger partial charge in [0.25, 0.3) is 0 Å². The number of benzene rings is 1. The first-order valence-corrected chi connectivity index (χ1v) is 10.4. The van der Waals surface area contributed by atoms with E-state index in [1.807, 2.05) is 35.1 Å². The highest BCUT2D eigenvalue weighted by Gasteiger charge is 2.36. The molecule has 11 nitrogen and oxygen atoms in total. The molecule has 170 valence electrons. The maximum Gasteiger partial charge on any atom is 0.348 e. The number of aromatic nitrogens is 5. The van der Waals surface area contributed by atoms with E-state index in [1.165, 1.54) is 6.92 Å². The van der Waals surface area contributed by atoms with Gasteiger partial charge in [-0.25, -0.2) is 14.6 Å². The van der Waals surface area contributed by atoms with Crippen LogP contribution in [0.1, 0.15) is 18.9 Å². The molecule has 4 heterocycles. The van der Waals surface area contributed by atoms with E-state index in [-0.39, 0.29) is 12.5 Å². The van der Waals surface area contributed by atoms with Crippen molar-refractivity contribution in [2.75, 3.05) is 19.0 Å². The Morgan fingerprint density at radius 2 is 2.24 bits per heavy atom. The van der Waals surface area contributed by atoms with Crippen molar-refractivity contribution in [1.29, 1.82) is 0 Å². The van der Waals surface area contributed by atoms with Gasteiger partial charge in [-0.15, -0.1) is 0 Å². The van der Waals surface area contributed by atoms with Crippen LogP contribution < -0.4 is 10.1 Å². The van der Waals surface area contributed by atoms with Crippen molar-refractivity contribution in [2.45, 2.75) is 25.7 Å². The average Bonchev–Trinajstić information content (AvgIpc) is 3.52. The van der Waals surface area contributed by atoms with E-state index < -0.39 is 11.8 Å². The zero-order chi connectivity index (χ0) is 23.0. The SMILES string of the molecule is COc1ccc(-c2cnn(Cc3cccnc3)c2)c2nc(NC(=O)N3CCC(C)(O)O3)[nH]c12. The predicted molar refractivity (Wildman–Crippen MR) is 119 cm³/mol. The van der Waals surface area contributed by atoms with Crippen LogP contribution in [-0.4, -0.2) is 60.4 Å². The first-order chi connectivity index (χ1) is 15.9. The number of pyridine rings is 1. The Balaban J connectivity index is 1.43. The second-order valence-corrected chi connectivity index (χ2v) is 7.96. The molecule has 4 aromatic rings. The summed E-state index contributed by atoms with van der Waals surface area (Å²) in [5.41, 5.74) is 4.01. The van der Waals surface area contributed by atoms with Gasteiger partial charge in [-0.1, -0.05) is 6.07 Å². The average molecular weight is 449 g/mol. The van der Waals surface area contributed by atoms with Gasteiger partial charge in [0.2, 0.25) is 5.95 Å². The zero-order valence-electron chi connectivity index (χ0n) is 18.1. The number of aliphatic hydroxyl groups is 1. The molecular formula is C22H23N7O4. The van der Waals surface area contributed by atoms with E-state index >= 15 is 0 Å². The number of methoxy groups -OCH3 is 1. The lowest BCUT2D eigenvalue weighted by Crippen LogP contribution is -2.34. The number of hydrogen-bond donors (Lipinski definition) is 3. The molecule has 3 aromatic heterocycles. The minimum Gasteiger partial charge on any atom is -0.494 e. The highest BCUT2D eigenvalue weighted by Crippen LogP contribution is 2.34. The summed E-state index contributed by atoms with van der Waals surface area (Å²) < 4.78 is 7.30. The fourth-order valence-electron chi connectivity index (χ4n) is 3.74. The largest absolute Gasteiger partial charge is 0.494 e. The third-order valence-corrected chi connectivity index (χ3v) is 5.38. The van der Waals surface area contributed by atoms with E-state index in [1.54, 1.807) is 25.7 Å². The number of H-pyrrole nitrogens is 1. The lowest BCUT2D eigenvalue weighted by atomic mass is 10.1. The monoisotopic (exact) mass is 449 g/mol. The maximum absolute atomic E-state index is 12.5. The molecule has 3 N–H and O–H groups in total. The summed E-state index contributed by atoms with van der Waals surface area (Å²) in [5, 5.41) is 18.1. The molecular weight excluding hydrogens is 426 g/mol. The van der Waals surface area contributed by atoms with E-state index in [9.17, 15) is 9.90 Å². The summed E-state index contributed by atoms with van der Waals surface area (Å²) in [6.07, 6.45) is 7.56. The summed E-state index contributed by atoms with van der Waals surface area (Å²) in [4.78, 5) is 29.6. The Labute approximate surface area is 188 Å². The Morgan fingerprint density at radius 1 is 1.36 bits per heavy atom. The van der Waals surface area contributed by atoms with Crippen molar-refractivity contribution in [3.8, 4) is 16.9 Å². The number of fused-ring (bicyclic) bond motifs is 1. The molecule has 1 atom stereocenters. The topological polar surface area (TPSA) is 130 Å². The van der Waals surface area contributed by atoms with Crippen LogP contribution in [0.5, 0.6) is 5.75 Å². The van der Waals surface area contributed by atoms with Gasteiger partial charge in [-0.3, -0.25) is 15.0 Å². The Kier molecular flexibility index (Phi) is 5.19. The minimum atomic E-state index is -1.36. The van der Waals surface area contributed by atoms with Gasteiger partial charge in [0, 0.05) is 36.1 Å². The Morgan fingerprint density at radius 3 is 2.97 bits per heavy atom. The third-order valence-electron chi connectivity index (χ3n) is 5.38. The number of aromatic amines is 1.